The molecule has 0 radical (unpaired) electrons. The molecule has 26 heavy (non-hydrogen) atoms. The number of hydrogen-bond acceptors (Lipinski definition) is 1. The molecule has 1 aliphatic heterocycles. The fraction of sp³-hybridized carbons (Fsp3) is 0.409. The number of halogens is 2. The first-order valence-corrected chi connectivity index (χ1v) is 9.28. The van der Waals surface area contributed by atoms with Crippen LogP contribution in [0.5, 0.6) is 0 Å². The Morgan fingerprint density at radius 2 is 1.73 bits per heavy atom. The molecule has 4 heteroatoms. The van der Waals surface area contributed by atoms with Crippen molar-refractivity contribution in [3.63, 3.8) is 0 Å². The van der Waals surface area contributed by atoms with E-state index in [2.05, 4.69) is 32.0 Å². The number of benzene rings is 2. The summed E-state index contributed by atoms with van der Waals surface area (Å²) < 4.78 is 28.0. The van der Waals surface area contributed by atoms with Gasteiger partial charge in [0, 0.05) is 23.9 Å². The summed E-state index contributed by atoms with van der Waals surface area (Å²) >= 11 is 0. The Hall–Kier alpha value is -2.23. The van der Waals surface area contributed by atoms with Gasteiger partial charge in [0.05, 0.1) is 6.04 Å². The highest BCUT2D eigenvalue weighted by molar-refractivity contribution is 5.83. The summed E-state index contributed by atoms with van der Waals surface area (Å²) in [5, 5.41) is 0. The van der Waals surface area contributed by atoms with E-state index in [9.17, 15) is 13.6 Å². The lowest BCUT2D eigenvalue weighted by molar-refractivity contribution is -0.133. The van der Waals surface area contributed by atoms with Gasteiger partial charge in [-0.15, -0.1) is 0 Å². The van der Waals surface area contributed by atoms with Gasteiger partial charge in [-0.1, -0.05) is 35.4 Å². The Bertz CT molecular complexity index is 823. The standard InChI is InChI=1S/C22H23F2NO/c1-13-9-14(2)11-15(10-13)20-7-4-8-25(20)22(26)17-12-16(17)21-18(23)5-3-6-19(21)24/h3,5-6,9-11,16-17,20H,4,7-8,12H2,1-2H3. The summed E-state index contributed by atoms with van der Waals surface area (Å²) in [6.45, 7) is 4.85. The second-order valence-electron chi connectivity index (χ2n) is 7.69. The maximum Gasteiger partial charge on any atom is 0.226 e. The second-order valence-corrected chi connectivity index (χ2v) is 7.69. The van der Waals surface area contributed by atoms with Gasteiger partial charge in [0.2, 0.25) is 5.91 Å². The zero-order valence-corrected chi connectivity index (χ0v) is 15.1. The van der Waals surface area contributed by atoms with E-state index >= 15 is 0 Å². The first-order valence-electron chi connectivity index (χ1n) is 9.28. The van der Waals surface area contributed by atoms with Gasteiger partial charge < -0.3 is 4.90 Å². The largest absolute Gasteiger partial charge is 0.335 e. The van der Waals surface area contributed by atoms with Crippen LogP contribution in [-0.2, 0) is 4.79 Å². The van der Waals surface area contributed by atoms with E-state index in [1.807, 2.05) is 4.90 Å². The molecule has 1 saturated heterocycles. The first kappa shape index (κ1) is 17.2. The van der Waals surface area contributed by atoms with Crippen LogP contribution in [0.2, 0.25) is 0 Å². The van der Waals surface area contributed by atoms with Crippen molar-refractivity contribution in [1.29, 1.82) is 0 Å². The quantitative estimate of drug-likeness (QED) is 0.754. The number of rotatable bonds is 3. The SMILES string of the molecule is Cc1cc(C)cc(C2CCCN2C(=O)C2CC2c2c(F)cccc2F)c1. The van der Waals surface area contributed by atoms with Crippen LogP contribution in [0, 0.1) is 31.4 Å². The molecule has 2 fully saturated rings. The molecule has 0 aromatic heterocycles. The lowest BCUT2D eigenvalue weighted by Crippen LogP contribution is -2.32. The van der Waals surface area contributed by atoms with E-state index in [-0.39, 0.29) is 29.3 Å². The van der Waals surface area contributed by atoms with E-state index in [0.29, 0.717) is 6.42 Å². The molecule has 136 valence electrons. The fourth-order valence-corrected chi connectivity index (χ4v) is 4.44. The van der Waals surface area contributed by atoms with Crippen LogP contribution in [0.1, 0.15) is 53.5 Å². The molecule has 0 spiro atoms. The maximum atomic E-state index is 14.0. The highest BCUT2D eigenvalue weighted by atomic mass is 19.1. The van der Waals surface area contributed by atoms with Gasteiger partial charge in [-0.25, -0.2) is 8.78 Å². The van der Waals surface area contributed by atoms with E-state index < -0.39 is 11.6 Å². The van der Waals surface area contributed by atoms with E-state index in [1.165, 1.54) is 34.9 Å². The lowest BCUT2D eigenvalue weighted by Gasteiger charge is -2.26. The number of amides is 1. The Labute approximate surface area is 152 Å². The van der Waals surface area contributed by atoms with Gasteiger partial charge in [0.25, 0.3) is 0 Å². The minimum Gasteiger partial charge on any atom is -0.335 e. The van der Waals surface area contributed by atoms with Crippen LogP contribution in [0.25, 0.3) is 0 Å². The van der Waals surface area contributed by atoms with Crippen LogP contribution in [0.15, 0.2) is 36.4 Å². The van der Waals surface area contributed by atoms with E-state index in [4.69, 9.17) is 0 Å². The van der Waals surface area contributed by atoms with Gasteiger partial charge in [0.1, 0.15) is 11.6 Å². The minimum absolute atomic E-state index is 0.0410. The number of aryl methyl sites for hydroxylation is 2. The molecular weight excluding hydrogens is 332 g/mol. The normalized spacial score (nSPS) is 24.8. The predicted molar refractivity (Wildman–Crippen MR) is 96.8 cm³/mol. The fourth-order valence-electron chi connectivity index (χ4n) is 4.44. The summed E-state index contributed by atoms with van der Waals surface area (Å²) in [4.78, 5) is 15.0. The topological polar surface area (TPSA) is 20.3 Å². The molecule has 1 amide bonds. The summed E-state index contributed by atoms with van der Waals surface area (Å²) in [6, 6.07) is 10.4. The predicted octanol–water partition coefficient (Wildman–Crippen LogP) is 5.05. The number of likely N-dealkylation sites (tertiary alicyclic amines) is 1. The third-order valence-electron chi connectivity index (χ3n) is 5.64. The van der Waals surface area contributed by atoms with Gasteiger partial charge >= 0.3 is 0 Å². The maximum absolute atomic E-state index is 14.0. The molecule has 0 bridgehead atoms. The molecule has 2 aromatic carbocycles. The van der Waals surface area contributed by atoms with Crippen molar-refractivity contribution in [3.05, 3.63) is 70.3 Å². The number of carbonyl (C=O) groups excluding carboxylic acids is 1. The smallest absolute Gasteiger partial charge is 0.226 e. The van der Waals surface area contributed by atoms with Gasteiger partial charge in [-0.2, -0.15) is 0 Å². The zero-order valence-electron chi connectivity index (χ0n) is 15.1. The van der Waals surface area contributed by atoms with Crippen molar-refractivity contribution >= 4 is 5.91 Å². The third kappa shape index (κ3) is 3.02. The van der Waals surface area contributed by atoms with Crippen LogP contribution in [-0.4, -0.2) is 17.4 Å². The molecule has 2 aliphatic rings. The van der Waals surface area contributed by atoms with Crippen LogP contribution >= 0.6 is 0 Å². The minimum atomic E-state index is -0.544. The average Bonchev–Trinajstić information content (AvgIpc) is 3.18. The highest BCUT2D eigenvalue weighted by Crippen LogP contribution is 2.51. The molecular formula is C22H23F2NO. The Morgan fingerprint density at radius 3 is 2.38 bits per heavy atom. The molecule has 1 saturated carbocycles. The summed E-state index contributed by atoms with van der Waals surface area (Å²) in [7, 11) is 0. The molecule has 4 rings (SSSR count). The number of nitrogens with zero attached hydrogens (tertiary/aromatic N) is 1. The van der Waals surface area contributed by atoms with Gasteiger partial charge in [0.15, 0.2) is 0 Å². The van der Waals surface area contributed by atoms with E-state index in [1.54, 1.807) is 0 Å². The third-order valence-corrected chi connectivity index (χ3v) is 5.64. The Kier molecular flexibility index (Phi) is 4.29. The van der Waals surface area contributed by atoms with Crippen molar-refractivity contribution in [1.82, 2.24) is 4.90 Å². The molecule has 1 aliphatic carbocycles. The first-order chi connectivity index (χ1) is 12.5. The van der Waals surface area contributed by atoms with Crippen LogP contribution in [0.4, 0.5) is 8.78 Å². The molecule has 2 nitrogen and oxygen atoms in total. The molecule has 0 N–H and O–H groups in total. The van der Waals surface area contributed by atoms with Crippen molar-refractivity contribution < 1.29 is 13.6 Å². The monoisotopic (exact) mass is 355 g/mol. The molecule has 1 heterocycles. The summed E-state index contributed by atoms with van der Waals surface area (Å²) in [6.07, 6.45) is 2.45. The van der Waals surface area contributed by atoms with Crippen molar-refractivity contribution in [3.8, 4) is 0 Å². The van der Waals surface area contributed by atoms with Crippen molar-refractivity contribution in [2.24, 2.45) is 5.92 Å². The van der Waals surface area contributed by atoms with Crippen LogP contribution < -0.4 is 0 Å². The van der Waals surface area contributed by atoms with E-state index in [0.717, 1.165) is 19.4 Å². The van der Waals surface area contributed by atoms with Gasteiger partial charge in [-0.3, -0.25) is 4.79 Å². The zero-order chi connectivity index (χ0) is 18.4. The number of hydrogen-bond donors (Lipinski definition) is 0. The molecule has 2 aromatic rings. The number of carbonyl (C=O) groups is 1. The summed E-state index contributed by atoms with van der Waals surface area (Å²) in [5.41, 5.74) is 3.63. The van der Waals surface area contributed by atoms with Gasteiger partial charge in [-0.05, 0) is 50.8 Å². The Balaban J connectivity index is 1.55. The Morgan fingerprint density at radius 1 is 1.08 bits per heavy atom. The second kappa shape index (κ2) is 6.49. The van der Waals surface area contributed by atoms with Crippen molar-refractivity contribution in [2.45, 2.75) is 45.1 Å². The van der Waals surface area contributed by atoms with Crippen LogP contribution in [0.3, 0.4) is 0 Å². The lowest BCUT2D eigenvalue weighted by atomic mass is 9.99. The summed E-state index contributed by atoms with van der Waals surface area (Å²) in [5.74, 6) is -1.67. The molecule has 3 unspecified atom stereocenters. The van der Waals surface area contributed by atoms with Crippen molar-refractivity contribution in [2.75, 3.05) is 6.54 Å². The molecule has 3 atom stereocenters. The average molecular weight is 355 g/mol. The highest BCUT2D eigenvalue weighted by Gasteiger charge is 2.49.